The number of aryl methyl sites for hydroxylation is 1. The van der Waals surface area contributed by atoms with E-state index in [1.54, 1.807) is 48.5 Å². The number of nitrogens with one attached hydrogen (secondary N) is 1. The molecule has 0 saturated carbocycles. The molecule has 6 nitrogen and oxygen atoms in total. The number of thioether (sulfide) groups is 1. The van der Waals surface area contributed by atoms with E-state index in [9.17, 15) is 14.4 Å². The third kappa shape index (κ3) is 6.45. The van der Waals surface area contributed by atoms with Gasteiger partial charge in [0.05, 0.1) is 11.4 Å². The fourth-order valence-electron chi connectivity index (χ4n) is 3.29. The van der Waals surface area contributed by atoms with E-state index >= 15 is 0 Å². The van der Waals surface area contributed by atoms with Crippen LogP contribution < -0.4 is 10.1 Å². The van der Waals surface area contributed by atoms with Crippen molar-refractivity contribution in [1.29, 1.82) is 0 Å². The topological polar surface area (TPSA) is 75.7 Å². The second-order valence-corrected chi connectivity index (χ2v) is 9.65. The molecule has 1 saturated heterocycles. The number of imide groups is 1. The first-order chi connectivity index (χ1) is 16.8. The van der Waals surface area contributed by atoms with Gasteiger partial charge < -0.3 is 10.1 Å². The highest BCUT2D eigenvalue weighted by Crippen LogP contribution is 2.35. The van der Waals surface area contributed by atoms with Crippen LogP contribution >= 0.6 is 35.0 Å². The number of anilines is 1. The lowest BCUT2D eigenvalue weighted by atomic mass is 10.1. The highest BCUT2D eigenvalue weighted by molar-refractivity contribution is 8.18. The molecular weight excluding hydrogens is 507 g/mol. The molecule has 1 heterocycles. The number of carbonyl (C=O) groups excluding carboxylic acids is 3. The summed E-state index contributed by atoms with van der Waals surface area (Å²) in [7, 11) is 0. The highest BCUT2D eigenvalue weighted by Gasteiger charge is 2.35. The van der Waals surface area contributed by atoms with Crippen molar-refractivity contribution < 1.29 is 19.1 Å². The number of rotatable bonds is 7. The summed E-state index contributed by atoms with van der Waals surface area (Å²) in [4.78, 5) is 39.2. The molecule has 1 aliphatic heterocycles. The molecule has 3 aromatic rings. The molecule has 0 radical (unpaired) electrons. The Morgan fingerprint density at radius 3 is 2.40 bits per heavy atom. The van der Waals surface area contributed by atoms with Crippen LogP contribution in [0.2, 0.25) is 10.0 Å². The first-order valence-corrected chi connectivity index (χ1v) is 12.1. The minimum Gasteiger partial charge on any atom is -0.483 e. The van der Waals surface area contributed by atoms with Crippen LogP contribution in [-0.2, 0) is 16.1 Å². The molecule has 178 valence electrons. The average Bonchev–Trinajstić information content (AvgIpc) is 3.09. The Morgan fingerprint density at radius 1 is 1.00 bits per heavy atom. The maximum Gasteiger partial charge on any atom is 0.293 e. The molecule has 0 atom stereocenters. The number of halogens is 2. The maximum atomic E-state index is 12.9. The fourth-order valence-corrected chi connectivity index (χ4v) is 4.43. The van der Waals surface area contributed by atoms with Crippen LogP contribution in [0.1, 0.15) is 16.7 Å². The van der Waals surface area contributed by atoms with Gasteiger partial charge in [0.2, 0.25) is 0 Å². The van der Waals surface area contributed by atoms with Gasteiger partial charge in [0, 0.05) is 21.3 Å². The molecule has 1 fully saturated rings. The molecule has 9 heteroatoms. The van der Waals surface area contributed by atoms with Crippen LogP contribution in [0.3, 0.4) is 0 Å². The molecule has 35 heavy (non-hydrogen) atoms. The summed E-state index contributed by atoms with van der Waals surface area (Å²) >= 11 is 12.9. The third-order valence-electron chi connectivity index (χ3n) is 5.08. The molecule has 3 aromatic carbocycles. The average molecular weight is 527 g/mol. The molecule has 0 bridgehead atoms. The van der Waals surface area contributed by atoms with Crippen LogP contribution in [-0.4, -0.2) is 28.6 Å². The Balaban J connectivity index is 1.47. The van der Waals surface area contributed by atoms with E-state index in [-0.39, 0.29) is 29.2 Å². The van der Waals surface area contributed by atoms with Crippen LogP contribution in [0.5, 0.6) is 5.75 Å². The van der Waals surface area contributed by atoms with E-state index in [4.69, 9.17) is 27.9 Å². The van der Waals surface area contributed by atoms with Crippen molar-refractivity contribution in [2.45, 2.75) is 13.5 Å². The summed E-state index contributed by atoms with van der Waals surface area (Å²) in [6.45, 7) is 1.89. The second kappa shape index (κ2) is 11.0. The van der Waals surface area contributed by atoms with Crippen LogP contribution in [0.25, 0.3) is 6.08 Å². The lowest BCUT2D eigenvalue weighted by Gasteiger charge is -2.13. The number of hydrogen-bond donors (Lipinski definition) is 1. The van der Waals surface area contributed by atoms with Crippen LogP contribution in [0.4, 0.5) is 10.5 Å². The SMILES string of the molecule is Cc1ccc(CN2C(=O)S/C(=C\c3cc(Cl)ccc3OCC(=O)Nc3ccc(Cl)cc3)C2=O)cc1. The zero-order chi connectivity index (χ0) is 24.9. The standard InChI is InChI=1S/C26H20Cl2N2O4S/c1-16-2-4-17(5-3-16)14-30-25(32)23(35-26(30)33)13-18-12-20(28)8-11-22(18)34-15-24(31)29-21-9-6-19(27)7-10-21/h2-13H,14-15H2,1H3,(H,29,31)/b23-13-. The minimum atomic E-state index is -0.396. The summed E-state index contributed by atoms with van der Waals surface area (Å²) in [5, 5.41) is 3.35. The van der Waals surface area contributed by atoms with E-state index in [1.165, 1.54) is 4.90 Å². The van der Waals surface area contributed by atoms with E-state index in [2.05, 4.69) is 5.32 Å². The van der Waals surface area contributed by atoms with Crippen molar-refractivity contribution >= 4 is 63.8 Å². The second-order valence-electron chi connectivity index (χ2n) is 7.78. The van der Waals surface area contributed by atoms with Gasteiger partial charge in [-0.25, -0.2) is 0 Å². The molecule has 0 aromatic heterocycles. The van der Waals surface area contributed by atoms with Crippen molar-refractivity contribution in [1.82, 2.24) is 4.90 Å². The highest BCUT2D eigenvalue weighted by atomic mass is 35.5. The van der Waals surface area contributed by atoms with Gasteiger partial charge in [-0.1, -0.05) is 53.0 Å². The predicted molar refractivity (Wildman–Crippen MR) is 140 cm³/mol. The number of amides is 3. The Morgan fingerprint density at radius 2 is 1.69 bits per heavy atom. The van der Waals surface area contributed by atoms with Gasteiger partial charge in [-0.3, -0.25) is 19.3 Å². The number of benzene rings is 3. The van der Waals surface area contributed by atoms with Crippen LogP contribution in [0.15, 0.2) is 71.6 Å². The Hall–Kier alpha value is -3.26. The van der Waals surface area contributed by atoms with E-state index < -0.39 is 5.91 Å². The third-order valence-corrected chi connectivity index (χ3v) is 6.47. The summed E-state index contributed by atoms with van der Waals surface area (Å²) in [6, 6.07) is 19.2. The van der Waals surface area contributed by atoms with E-state index in [0.29, 0.717) is 27.0 Å². The van der Waals surface area contributed by atoms with E-state index in [0.717, 1.165) is 22.9 Å². The zero-order valence-corrected chi connectivity index (χ0v) is 20.9. The molecule has 0 unspecified atom stereocenters. The smallest absolute Gasteiger partial charge is 0.293 e. The van der Waals surface area contributed by atoms with Gasteiger partial charge >= 0.3 is 0 Å². The predicted octanol–water partition coefficient (Wildman–Crippen LogP) is 6.56. The lowest BCUT2D eigenvalue weighted by Crippen LogP contribution is -2.27. The number of carbonyl (C=O) groups is 3. The summed E-state index contributed by atoms with van der Waals surface area (Å²) in [5.41, 5.74) is 3.02. The Labute approximate surface area is 216 Å². The van der Waals surface area contributed by atoms with Crippen molar-refractivity contribution in [3.05, 3.63) is 98.4 Å². The number of nitrogens with zero attached hydrogens (tertiary/aromatic N) is 1. The van der Waals surface area contributed by atoms with Gasteiger partial charge in [-0.2, -0.15) is 0 Å². The fraction of sp³-hybridized carbons (Fsp3) is 0.115. The lowest BCUT2D eigenvalue weighted by molar-refractivity contribution is -0.123. The molecule has 3 amide bonds. The molecular formula is C26H20Cl2N2O4S. The van der Waals surface area contributed by atoms with Crippen LogP contribution in [0, 0.1) is 6.92 Å². The molecule has 0 spiro atoms. The molecule has 0 aliphatic carbocycles. The van der Waals surface area contributed by atoms with Crippen molar-refractivity contribution in [3.8, 4) is 5.75 Å². The quantitative estimate of drug-likeness (QED) is 0.353. The summed E-state index contributed by atoms with van der Waals surface area (Å²) < 4.78 is 5.70. The molecule has 4 rings (SSSR count). The summed E-state index contributed by atoms with van der Waals surface area (Å²) in [6.07, 6.45) is 1.55. The Bertz CT molecular complexity index is 1310. The van der Waals surface area contributed by atoms with Gasteiger partial charge in [-0.05, 0) is 72.8 Å². The van der Waals surface area contributed by atoms with Gasteiger partial charge in [0.25, 0.3) is 17.1 Å². The van der Waals surface area contributed by atoms with Gasteiger partial charge in [-0.15, -0.1) is 0 Å². The number of hydrogen-bond acceptors (Lipinski definition) is 5. The first kappa shape index (κ1) is 24.9. The first-order valence-electron chi connectivity index (χ1n) is 10.6. The largest absolute Gasteiger partial charge is 0.483 e. The van der Waals surface area contributed by atoms with Crippen molar-refractivity contribution in [3.63, 3.8) is 0 Å². The Kier molecular flexibility index (Phi) is 7.80. The van der Waals surface area contributed by atoms with Crippen molar-refractivity contribution in [2.75, 3.05) is 11.9 Å². The van der Waals surface area contributed by atoms with E-state index in [1.807, 2.05) is 31.2 Å². The molecule has 1 N–H and O–H groups in total. The number of ether oxygens (including phenoxy) is 1. The zero-order valence-electron chi connectivity index (χ0n) is 18.6. The van der Waals surface area contributed by atoms with Gasteiger partial charge in [0.1, 0.15) is 5.75 Å². The monoisotopic (exact) mass is 526 g/mol. The van der Waals surface area contributed by atoms with Gasteiger partial charge in [0.15, 0.2) is 6.61 Å². The summed E-state index contributed by atoms with van der Waals surface area (Å²) in [5.74, 6) is -0.412. The molecule has 1 aliphatic rings. The minimum absolute atomic E-state index is 0.187. The normalized spacial score (nSPS) is 14.5. The van der Waals surface area contributed by atoms with Crippen molar-refractivity contribution in [2.24, 2.45) is 0 Å². The maximum absolute atomic E-state index is 12.9.